The molecule has 0 aliphatic carbocycles. The van der Waals surface area contributed by atoms with Crippen LogP contribution in [-0.2, 0) is 17.7 Å². The summed E-state index contributed by atoms with van der Waals surface area (Å²) >= 11 is 0. The number of aromatic nitrogens is 2. The van der Waals surface area contributed by atoms with E-state index in [0.717, 1.165) is 18.6 Å². The molecule has 5 nitrogen and oxygen atoms in total. The van der Waals surface area contributed by atoms with Crippen molar-refractivity contribution >= 4 is 0 Å². The molecule has 0 amide bonds. The zero-order valence-corrected chi connectivity index (χ0v) is 12.3. The highest BCUT2D eigenvalue weighted by molar-refractivity contribution is 5.27. The molecule has 1 N–H and O–H groups in total. The van der Waals surface area contributed by atoms with Gasteiger partial charge in [-0.25, -0.2) is 4.98 Å². The number of benzene rings is 1. The molecule has 2 aromatic rings. The van der Waals surface area contributed by atoms with Gasteiger partial charge in [0.2, 0.25) is 0 Å². The van der Waals surface area contributed by atoms with Crippen molar-refractivity contribution in [2.45, 2.75) is 25.5 Å². The molecule has 0 spiro atoms. The molecule has 0 saturated heterocycles. The van der Waals surface area contributed by atoms with Crippen molar-refractivity contribution in [2.75, 3.05) is 20.3 Å². The van der Waals surface area contributed by atoms with E-state index in [1.54, 1.807) is 19.6 Å². The molecular formula is C16H22N2O3. The summed E-state index contributed by atoms with van der Waals surface area (Å²) in [4.78, 5) is 3.93. The van der Waals surface area contributed by atoms with Crippen LogP contribution >= 0.6 is 0 Å². The molecule has 0 radical (unpaired) electrons. The average molecular weight is 290 g/mol. The first-order valence-corrected chi connectivity index (χ1v) is 7.12. The summed E-state index contributed by atoms with van der Waals surface area (Å²) < 4.78 is 12.5. The zero-order valence-electron chi connectivity index (χ0n) is 12.3. The Hall–Kier alpha value is -1.85. The predicted molar refractivity (Wildman–Crippen MR) is 80.4 cm³/mol. The van der Waals surface area contributed by atoms with Crippen LogP contribution in [0.4, 0.5) is 0 Å². The number of hydrogen-bond donors (Lipinski definition) is 1. The fourth-order valence-corrected chi connectivity index (χ4v) is 2.08. The predicted octanol–water partition coefficient (Wildman–Crippen LogP) is 1.90. The highest BCUT2D eigenvalue weighted by Crippen LogP contribution is 2.12. The van der Waals surface area contributed by atoms with Crippen LogP contribution in [0.5, 0.6) is 5.75 Å². The van der Waals surface area contributed by atoms with Crippen molar-refractivity contribution in [2.24, 2.45) is 0 Å². The lowest BCUT2D eigenvalue weighted by Gasteiger charge is -2.11. The van der Waals surface area contributed by atoms with Crippen LogP contribution in [0.2, 0.25) is 0 Å². The Morgan fingerprint density at radius 1 is 1.29 bits per heavy atom. The van der Waals surface area contributed by atoms with Gasteiger partial charge in [0.15, 0.2) is 0 Å². The molecule has 1 unspecified atom stereocenters. The summed E-state index contributed by atoms with van der Waals surface area (Å²) in [6.07, 6.45) is 6.61. The SMILES string of the molecule is COc1ccc(CCCOCC(O)Cn2ccnc2)cc1. The van der Waals surface area contributed by atoms with Gasteiger partial charge in [-0.2, -0.15) is 0 Å². The van der Waals surface area contributed by atoms with Crippen LogP contribution in [0.15, 0.2) is 43.0 Å². The largest absolute Gasteiger partial charge is 0.497 e. The lowest BCUT2D eigenvalue weighted by atomic mass is 10.1. The molecule has 21 heavy (non-hydrogen) atoms. The van der Waals surface area contributed by atoms with Gasteiger partial charge in [0.05, 0.1) is 32.7 Å². The number of methoxy groups -OCH3 is 1. The Labute approximate surface area is 125 Å². The number of imidazole rings is 1. The van der Waals surface area contributed by atoms with Crippen molar-refractivity contribution in [1.82, 2.24) is 9.55 Å². The van der Waals surface area contributed by atoms with E-state index in [9.17, 15) is 5.11 Å². The van der Waals surface area contributed by atoms with Gasteiger partial charge in [-0.15, -0.1) is 0 Å². The Morgan fingerprint density at radius 3 is 2.76 bits per heavy atom. The third kappa shape index (κ3) is 5.57. The van der Waals surface area contributed by atoms with E-state index in [4.69, 9.17) is 9.47 Å². The minimum Gasteiger partial charge on any atom is -0.497 e. The van der Waals surface area contributed by atoms with E-state index < -0.39 is 6.10 Å². The van der Waals surface area contributed by atoms with Gasteiger partial charge in [-0.1, -0.05) is 12.1 Å². The maximum absolute atomic E-state index is 9.81. The number of nitrogens with zero attached hydrogens (tertiary/aromatic N) is 2. The molecule has 1 heterocycles. The van der Waals surface area contributed by atoms with Gasteiger partial charge < -0.3 is 19.1 Å². The molecule has 2 rings (SSSR count). The number of aliphatic hydroxyl groups is 1. The van der Waals surface area contributed by atoms with Gasteiger partial charge in [0.25, 0.3) is 0 Å². The topological polar surface area (TPSA) is 56.5 Å². The summed E-state index contributed by atoms with van der Waals surface area (Å²) in [5.41, 5.74) is 1.26. The van der Waals surface area contributed by atoms with Crippen LogP contribution in [0, 0.1) is 0 Å². The van der Waals surface area contributed by atoms with E-state index in [-0.39, 0.29) is 0 Å². The summed E-state index contributed by atoms with van der Waals surface area (Å²) in [7, 11) is 1.66. The number of rotatable bonds is 9. The summed E-state index contributed by atoms with van der Waals surface area (Å²) in [6.45, 7) is 1.51. The van der Waals surface area contributed by atoms with Gasteiger partial charge in [-0.3, -0.25) is 0 Å². The van der Waals surface area contributed by atoms with E-state index >= 15 is 0 Å². The van der Waals surface area contributed by atoms with Crippen molar-refractivity contribution in [3.63, 3.8) is 0 Å². The Bertz CT molecular complexity index is 497. The number of aryl methyl sites for hydroxylation is 1. The second-order valence-electron chi connectivity index (χ2n) is 4.94. The molecule has 1 atom stereocenters. The van der Waals surface area contributed by atoms with Gasteiger partial charge in [0, 0.05) is 19.0 Å². The van der Waals surface area contributed by atoms with Crippen LogP contribution in [0.25, 0.3) is 0 Å². The molecule has 114 valence electrons. The minimum absolute atomic E-state index is 0.348. The Morgan fingerprint density at radius 2 is 2.10 bits per heavy atom. The van der Waals surface area contributed by atoms with E-state index in [1.165, 1.54) is 5.56 Å². The number of ether oxygens (including phenoxy) is 2. The average Bonchev–Trinajstić information content (AvgIpc) is 3.00. The third-order valence-corrected chi connectivity index (χ3v) is 3.20. The van der Waals surface area contributed by atoms with Crippen molar-refractivity contribution in [3.8, 4) is 5.75 Å². The van der Waals surface area contributed by atoms with Crippen molar-refractivity contribution in [1.29, 1.82) is 0 Å². The standard InChI is InChI=1S/C16H22N2O3/c1-20-16-6-4-14(5-7-16)3-2-10-21-12-15(19)11-18-9-8-17-13-18/h4-9,13,15,19H,2-3,10-12H2,1H3. The van der Waals surface area contributed by atoms with Crippen molar-refractivity contribution < 1.29 is 14.6 Å². The molecule has 0 saturated carbocycles. The minimum atomic E-state index is -0.500. The van der Waals surface area contributed by atoms with Crippen LogP contribution < -0.4 is 4.74 Å². The van der Waals surface area contributed by atoms with Crippen LogP contribution in [0.1, 0.15) is 12.0 Å². The first kappa shape index (κ1) is 15.5. The smallest absolute Gasteiger partial charge is 0.118 e. The molecule has 1 aromatic carbocycles. The maximum Gasteiger partial charge on any atom is 0.118 e. The number of aliphatic hydroxyl groups excluding tert-OH is 1. The molecule has 0 bridgehead atoms. The highest BCUT2D eigenvalue weighted by Gasteiger charge is 2.04. The Kier molecular flexibility index (Phi) is 6.24. The molecule has 0 aliphatic rings. The normalized spacial score (nSPS) is 12.3. The maximum atomic E-state index is 9.81. The lowest BCUT2D eigenvalue weighted by molar-refractivity contribution is 0.0273. The van der Waals surface area contributed by atoms with Gasteiger partial charge in [-0.05, 0) is 30.5 Å². The zero-order chi connectivity index (χ0) is 14.9. The first-order valence-electron chi connectivity index (χ1n) is 7.12. The Balaban J connectivity index is 1.56. The van der Waals surface area contributed by atoms with Gasteiger partial charge >= 0.3 is 0 Å². The van der Waals surface area contributed by atoms with Crippen LogP contribution in [0.3, 0.4) is 0 Å². The second kappa shape index (κ2) is 8.44. The van der Waals surface area contributed by atoms with Crippen molar-refractivity contribution in [3.05, 3.63) is 48.5 Å². The monoisotopic (exact) mass is 290 g/mol. The summed E-state index contributed by atoms with van der Waals surface area (Å²) in [5.74, 6) is 0.873. The first-order chi connectivity index (χ1) is 10.3. The molecule has 0 aliphatic heterocycles. The lowest BCUT2D eigenvalue weighted by Crippen LogP contribution is -2.21. The van der Waals surface area contributed by atoms with E-state index in [0.29, 0.717) is 19.8 Å². The van der Waals surface area contributed by atoms with E-state index in [1.807, 2.05) is 22.9 Å². The van der Waals surface area contributed by atoms with Crippen LogP contribution in [-0.4, -0.2) is 41.1 Å². The highest BCUT2D eigenvalue weighted by atomic mass is 16.5. The fourth-order valence-electron chi connectivity index (χ4n) is 2.08. The summed E-state index contributed by atoms with van der Waals surface area (Å²) in [5, 5.41) is 9.81. The second-order valence-corrected chi connectivity index (χ2v) is 4.94. The molecule has 5 heteroatoms. The summed E-state index contributed by atoms with van der Waals surface area (Å²) in [6, 6.07) is 8.05. The van der Waals surface area contributed by atoms with Gasteiger partial charge in [0.1, 0.15) is 5.75 Å². The molecule has 0 fully saturated rings. The quantitative estimate of drug-likeness (QED) is 0.717. The molecule has 1 aromatic heterocycles. The third-order valence-electron chi connectivity index (χ3n) is 3.20. The van der Waals surface area contributed by atoms with E-state index in [2.05, 4.69) is 17.1 Å². The fraction of sp³-hybridized carbons (Fsp3) is 0.438. The number of hydrogen-bond acceptors (Lipinski definition) is 4. The molecular weight excluding hydrogens is 268 g/mol.